The van der Waals surface area contributed by atoms with Crippen LogP contribution in [0.4, 0.5) is 11.4 Å². The number of fused-ring (bicyclic) bond motifs is 2. The second-order valence-electron chi connectivity index (χ2n) is 8.01. The Bertz CT molecular complexity index is 1090. The van der Waals surface area contributed by atoms with E-state index in [0.717, 1.165) is 5.69 Å². The van der Waals surface area contributed by atoms with Crippen molar-refractivity contribution in [2.24, 2.45) is 0 Å². The molecule has 3 heteroatoms. The first-order valence-corrected chi connectivity index (χ1v) is 10.4. The molecule has 0 saturated heterocycles. The van der Waals surface area contributed by atoms with Gasteiger partial charge in [0.1, 0.15) is 0 Å². The number of carbonyl (C=O) groups is 2. The Morgan fingerprint density at radius 3 is 2.03 bits per heavy atom. The van der Waals surface area contributed by atoms with Gasteiger partial charge in [0, 0.05) is 22.4 Å². The van der Waals surface area contributed by atoms with Gasteiger partial charge in [0.05, 0.1) is 11.3 Å². The van der Waals surface area contributed by atoms with Gasteiger partial charge in [-0.2, -0.15) is 0 Å². The van der Waals surface area contributed by atoms with Crippen LogP contribution in [0.25, 0.3) is 0 Å². The second kappa shape index (κ2) is 7.32. The molecule has 3 aromatic carbocycles. The Hall–Kier alpha value is -3.20. The van der Waals surface area contributed by atoms with Crippen molar-refractivity contribution in [3.63, 3.8) is 0 Å². The number of rotatable bonds is 3. The van der Waals surface area contributed by atoms with Crippen molar-refractivity contribution in [1.82, 2.24) is 0 Å². The van der Waals surface area contributed by atoms with E-state index in [1.807, 2.05) is 12.1 Å². The Morgan fingerprint density at radius 2 is 1.31 bits per heavy atom. The molecule has 0 unspecified atom stereocenters. The summed E-state index contributed by atoms with van der Waals surface area (Å²) in [6.07, 6.45) is 6.53. The summed E-state index contributed by atoms with van der Waals surface area (Å²) >= 11 is 0. The largest absolute Gasteiger partial charge is 0.355 e. The molecular formula is C26H23NO2. The minimum absolute atomic E-state index is 0.0912. The van der Waals surface area contributed by atoms with Crippen molar-refractivity contribution in [3.8, 4) is 0 Å². The summed E-state index contributed by atoms with van der Waals surface area (Å²) < 4.78 is 0. The van der Waals surface area contributed by atoms with E-state index < -0.39 is 0 Å². The van der Waals surface area contributed by atoms with Gasteiger partial charge in [0.15, 0.2) is 11.6 Å². The van der Waals surface area contributed by atoms with Gasteiger partial charge in [-0.1, -0.05) is 67.8 Å². The van der Waals surface area contributed by atoms with Crippen molar-refractivity contribution in [3.05, 3.63) is 94.5 Å². The van der Waals surface area contributed by atoms with Crippen LogP contribution in [0.5, 0.6) is 0 Å². The van der Waals surface area contributed by atoms with Crippen molar-refractivity contribution in [1.29, 1.82) is 0 Å². The predicted molar refractivity (Wildman–Crippen MR) is 115 cm³/mol. The Kier molecular flexibility index (Phi) is 4.51. The highest BCUT2D eigenvalue weighted by molar-refractivity contribution is 6.30. The van der Waals surface area contributed by atoms with Gasteiger partial charge in [-0.25, -0.2) is 0 Å². The first kappa shape index (κ1) is 17.9. The Balaban J connectivity index is 1.46. The van der Waals surface area contributed by atoms with Crippen molar-refractivity contribution in [2.45, 2.75) is 38.0 Å². The van der Waals surface area contributed by atoms with E-state index in [0.29, 0.717) is 33.9 Å². The molecule has 0 heterocycles. The molecule has 29 heavy (non-hydrogen) atoms. The minimum atomic E-state index is -0.0999. The van der Waals surface area contributed by atoms with Crippen LogP contribution in [0, 0.1) is 0 Å². The fraction of sp³-hybridized carbons (Fsp3) is 0.231. The van der Waals surface area contributed by atoms with Gasteiger partial charge >= 0.3 is 0 Å². The second-order valence-corrected chi connectivity index (χ2v) is 8.01. The van der Waals surface area contributed by atoms with Gasteiger partial charge in [0.25, 0.3) is 0 Å². The van der Waals surface area contributed by atoms with Gasteiger partial charge < -0.3 is 5.32 Å². The molecule has 0 aliphatic heterocycles. The number of nitrogens with one attached hydrogen (secondary N) is 1. The zero-order valence-electron chi connectivity index (χ0n) is 16.3. The average molecular weight is 381 g/mol. The van der Waals surface area contributed by atoms with Crippen molar-refractivity contribution < 1.29 is 9.59 Å². The maximum atomic E-state index is 13.1. The third kappa shape index (κ3) is 3.17. The summed E-state index contributed by atoms with van der Waals surface area (Å²) in [7, 11) is 0. The molecule has 0 atom stereocenters. The summed E-state index contributed by atoms with van der Waals surface area (Å²) in [6.45, 7) is 0. The lowest BCUT2D eigenvalue weighted by molar-refractivity contribution is 0.0979. The molecule has 0 bridgehead atoms. The third-order valence-corrected chi connectivity index (χ3v) is 6.22. The molecule has 1 fully saturated rings. The third-order valence-electron chi connectivity index (χ3n) is 6.22. The molecule has 1 saturated carbocycles. The lowest BCUT2D eigenvalue weighted by Crippen LogP contribution is -2.22. The minimum Gasteiger partial charge on any atom is -0.355 e. The van der Waals surface area contributed by atoms with E-state index in [9.17, 15) is 9.59 Å². The van der Waals surface area contributed by atoms with Crippen LogP contribution >= 0.6 is 0 Å². The highest BCUT2D eigenvalue weighted by Gasteiger charge is 2.31. The number of benzene rings is 3. The standard InChI is InChI=1S/C26H23NO2/c28-25-20-9-4-5-10-21(20)26(29)24-22(25)11-6-12-23(24)27-19-15-13-18(14-16-19)17-7-2-1-3-8-17/h4-6,9-17,27H,1-3,7-8H2. The molecule has 1 N–H and O–H groups in total. The van der Waals surface area contributed by atoms with E-state index in [4.69, 9.17) is 0 Å². The van der Waals surface area contributed by atoms with Gasteiger partial charge in [0.2, 0.25) is 0 Å². The van der Waals surface area contributed by atoms with Crippen LogP contribution < -0.4 is 5.32 Å². The molecular weight excluding hydrogens is 358 g/mol. The number of ketones is 2. The summed E-state index contributed by atoms with van der Waals surface area (Å²) in [4.78, 5) is 26.0. The fourth-order valence-electron chi connectivity index (χ4n) is 4.68. The van der Waals surface area contributed by atoms with Gasteiger partial charge in [-0.3, -0.25) is 9.59 Å². The van der Waals surface area contributed by atoms with Crippen LogP contribution in [-0.2, 0) is 0 Å². The van der Waals surface area contributed by atoms with Crippen molar-refractivity contribution >= 4 is 22.9 Å². The summed E-state index contributed by atoms with van der Waals surface area (Å²) in [5.41, 5.74) is 4.90. The van der Waals surface area contributed by atoms with Crippen LogP contribution in [-0.4, -0.2) is 11.6 Å². The number of hydrogen-bond donors (Lipinski definition) is 1. The van der Waals surface area contributed by atoms with Crippen LogP contribution in [0.2, 0.25) is 0 Å². The highest BCUT2D eigenvalue weighted by Crippen LogP contribution is 2.35. The number of anilines is 2. The molecule has 5 rings (SSSR count). The molecule has 0 spiro atoms. The van der Waals surface area contributed by atoms with E-state index in [1.165, 1.54) is 37.7 Å². The van der Waals surface area contributed by atoms with Gasteiger partial charge in [-0.05, 0) is 42.5 Å². The topological polar surface area (TPSA) is 46.2 Å². The Morgan fingerprint density at radius 1 is 0.655 bits per heavy atom. The monoisotopic (exact) mass is 381 g/mol. The van der Waals surface area contributed by atoms with Crippen molar-refractivity contribution in [2.75, 3.05) is 5.32 Å². The highest BCUT2D eigenvalue weighted by atomic mass is 16.1. The quantitative estimate of drug-likeness (QED) is 0.456. The normalized spacial score (nSPS) is 16.3. The smallest absolute Gasteiger partial charge is 0.196 e. The zero-order valence-corrected chi connectivity index (χ0v) is 16.3. The number of carbonyl (C=O) groups excluding carboxylic acids is 2. The lowest BCUT2D eigenvalue weighted by Gasteiger charge is -2.23. The Labute approximate surface area is 170 Å². The van der Waals surface area contributed by atoms with E-state index in [-0.39, 0.29) is 11.6 Å². The fourth-order valence-corrected chi connectivity index (χ4v) is 4.68. The number of hydrogen-bond acceptors (Lipinski definition) is 3. The average Bonchev–Trinajstić information content (AvgIpc) is 2.78. The van der Waals surface area contributed by atoms with Crippen LogP contribution in [0.15, 0.2) is 66.7 Å². The lowest BCUT2D eigenvalue weighted by atomic mass is 9.83. The maximum absolute atomic E-state index is 13.1. The van der Waals surface area contributed by atoms with Gasteiger partial charge in [-0.15, -0.1) is 0 Å². The molecule has 2 aliphatic rings. The molecule has 0 amide bonds. The molecule has 0 radical (unpaired) electrons. The first-order chi connectivity index (χ1) is 14.2. The van der Waals surface area contributed by atoms with E-state index in [2.05, 4.69) is 29.6 Å². The molecule has 3 aromatic rings. The summed E-state index contributed by atoms with van der Waals surface area (Å²) in [5, 5.41) is 3.37. The van der Waals surface area contributed by atoms with Crippen LogP contribution in [0.1, 0.15) is 75.4 Å². The van der Waals surface area contributed by atoms with E-state index in [1.54, 1.807) is 30.3 Å². The zero-order chi connectivity index (χ0) is 19.8. The SMILES string of the molecule is O=C1c2ccccc2C(=O)c2c(Nc3ccc(C4CCCCC4)cc3)cccc21. The molecule has 3 nitrogen and oxygen atoms in total. The molecule has 2 aliphatic carbocycles. The van der Waals surface area contributed by atoms with E-state index >= 15 is 0 Å². The predicted octanol–water partition coefficient (Wildman–Crippen LogP) is 6.25. The summed E-state index contributed by atoms with van der Waals surface area (Å²) in [5.74, 6) is 0.474. The first-order valence-electron chi connectivity index (χ1n) is 10.4. The maximum Gasteiger partial charge on any atom is 0.196 e. The molecule has 0 aromatic heterocycles. The summed E-state index contributed by atoms with van der Waals surface area (Å²) in [6, 6.07) is 21.0. The van der Waals surface area contributed by atoms with Crippen LogP contribution in [0.3, 0.4) is 0 Å². The molecule has 144 valence electrons.